The third-order valence-electron chi connectivity index (χ3n) is 6.63. The number of pyridine rings is 1. The number of hydrogen-bond donors (Lipinski definition) is 0. The Hall–Kier alpha value is -3.49. The molecule has 7 nitrogen and oxygen atoms in total. The SMILES string of the molecule is Cc1cn(-c2ccc3n(c2=O)CCN([C@@H](C)COc2cccc4c2CC(F)(F)CC4)C3=O)cn1. The molecule has 3 heterocycles. The van der Waals surface area contributed by atoms with Crippen LogP contribution in [0.1, 0.15) is 40.7 Å². The lowest BCUT2D eigenvalue weighted by atomic mass is 9.88. The molecule has 1 aliphatic heterocycles. The van der Waals surface area contributed by atoms with Crippen molar-refractivity contribution >= 4 is 5.91 Å². The van der Waals surface area contributed by atoms with Crippen molar-refractivity contribution in [2.75, 3.05) is 13.2 Å². The number of rotatable bonds is 5. The van der Waals surface area contributed by atoms with E-state index >= 15 is 0 Å². The Kier molecular flexibility index (Phi) is 5.50. The van der Waals surface area contributed by atoms with Crippen LogP contribution in [0.25, 0.3) is 5.69 Å². The maximum Gasteiger partial charge on any atom is 0.275 e. The highest BCUT2D eigenvalue weighted by molar-refractivity contribution is 5.93. The summed E-state index contributed by atoms with van der Waals surface area (Å²) >= 11 is 0. The molecule has 34 heavy (non-hydrogen) atoms. The minimum atomic E-state index is -2.73. The molecule has 2 aliphatic rings. The van der Waals surface area contributed by atoms with Gasteiger partial charge in [0.2, 0.25) is 0 Å². The fourth-order valence-corrected chi connectivity index (χ4v) is 4.75. The third-order valence-corrected chi connectivity index (χ3v) is 6.63. The molecule has 0 spiro atoms. The molecule has 3 aromatic rings. The molecule has 0 saturated carbocycles. The summed E-state index contributed by atoms with van der Waals surface area (Å²) in [5.41, 5.74) is 2.75. The summed E-state index contributed by atoms with van der Waals surface area (Å²) in [6, 6.07) is 8.38. The van der Waals surface area contributed by atoms with Crippen molar-refractivity contribution in [2.24, 2.45) is 0 Å². The van der Waals surface area contributed by atoms with Gasteiger partial charge in [-0.25, -0.2) is 13.8 Å². The number of aryl methyl sites for hydroxylation is 2. The van der Waals surface area contributed by atoms with Gasteiger partial charge in [-0.2, -0.15) is 0 Å². The highest BCUT2D eigenvalue weighted by Gasteiger charge is 2.36. The highest BCUT2D eigenvalue weighted by atomic mass is 19.3. The molecular weight excluding hydrogens is 442 g/mol. The average molecular weight is 469 g/mol. The van der Waals surface area contributed by atoms with E-state index < -0.39 is 5.92 Å². The van der Waals surface area contributed by atoms with Crippen LogP contribution in [-0.2, 0) is 19.4 Å². The number of hydrogen-bond acceptors (Lipinski definition) is 4. The number of aromatic nitrogens is 3. The monoisotopic (exact) mass is 468 g/mol. The smallest absolute Gasteiger partial charge is 0.275 e. The van der Waals surface area contributed by atoms with Gasteiger partial charge < -0.3 is 18.8 Å². The molecule has 1 amide bonds. The fraction of sp³-hybridized carbons (Fsp3) is 0.400. The lowest BCUT2D eigenvalue weighted by molar-refractivity contribution is -0.0130. The van der Waals surface area contributed by atoms with E-state index in [0.717, 1.165) is 11.3 Å². The topological polar surface area (TPSA) is 69.4 Å². The van der Waals surface area contributed by atoms with E-state index in [0.29, 0.717) is 42.2 Å². The number of carbonyl (C=O) groups excluding carboxylic acids is 1. The Morgan fingerprint density at radius 1 is 1.18 bits per heavy atom. The van der Waals surface area contributed by atoms with Gasteiger partial charge in [-0.15, -0.1) is 0 Å². The Bertz CT molecular complexity index is 1310. The maximum absolute atomic E-state index is 14.0. The predicted octanol–water partition coefficient (Wildman–Crippen LogP) is 3.39. The molecule has 0 saturated heterocycles. The summed E-state index contributed by atoms with van der Waals surface area (Å²) in [7, 11) is 0. The standard InChI is InChI=1S/C25H26F2N4O3/c1-16-13-29(15-28-16)20-6-7-21-24(33)30(10-11-31(21)23(20)32)17(2)14-34-22-5-3-4-18-8-9-25(26,27)12-19(18)22/h3-7,13,15,17H,8-12,14H2,1-2H3/t17-/m0/s1. The van der Waals surface area contributed by atoms with Crippen molar-refractivity contribution in [1.29, 1.82) is 0 Å². The van der Waals surface area contributed by atoms with Gasteiger partial charge in [0, 0.05) is 37.7 Å². The molecule has 1 aliphatic carbocycles. The van der Waals surface area contributed by atoms with E-state index in [1.165, 1.54) is 4.57 Å². The zero-order valence-corrected chi connectivity index (χ0v) is 19.1. The second kappa shape index (κ2) is 8.38. The molecule has 9 heteroatoms. The van der Waals surface area contributed by atoms with Gasteiger partial charge in [-0.05, 0) is 44.0 Å². The number of amides is 1. The molecule has 0 unspecified atom stereocenters. The van der Waals surface area contributed by atoms with Gasteiger partial charge in [0.15, 0.2) is 0 Å². The van der Waals surface area contributed by atoms with Crippen LogP contribution >= 0.6 is 0 Å². The van der Waals surface area contributed by atoms with E-state index in [9.17, 15) is 18.4 Å². The number of nitrogens with zero attached hydrogens (tertiary/aromatic N) is 4. The van der Waals surface area contributed by atoms with Crippen LogP contribution in [0.2, 0.25) is 0 Å². The van der Waals surface area contributed by atoms with Crippen LogP contribution in [0.5, 0.6) is 5.75 Å². The van der Waals surface area contributed by atoms with Crippen LogP contribution in [0.4, 0.5) is 8.78 Å². The van der Waals surface area contributed by atoms with E-state index in [4.69, 9.17) is 4.74 Å². The first-order valence-electron chi connectivity index (χ1n) is 11.4. The fourth-order valence-electron chi connectivity index (χ4n) is 4.75. The van der Waals surface area contributed by atoms with E-state index in [-0.39, 0.29) is 37.0 Å². The first-order chi connectivity index (χ1) is 16.2. The predicted molar refractivity (Wildman–Crippen MR) is 122 cm³/mol. The lowest BCUT2D eigenvalue weighted by Crippen LogP contribution is -2.50. The minimum Gasteiger partial charge on any atom is -0.491 e. The van der Waals surface area contributed by atoms with Gasteiger partial charge in [0.05, 0.1) is 18.1 Å². The molecule has 178 valence electrons. The highest BCUT2D eigenvalue weighted by Crippen LogP contribution is 2.37. The summed E-state index contributed by atoms with van der Waals surface area (Å²) in [4.78, 5) is 32.0. The number of imidazole rings is 1. The number of benzene rings is 1. The Morgan fingerprint density at radius 3 is 2.76 bits per heavy atom. The van der Waals surface area contributed by atoms with Gasteiger partial charge in [-0.1, -0.05) is 12.1 Å². The zero-order valence-electron chi connectivity index (χ0n) is 19.1. The number of carbonyl (C=O) groups is 1. The number of fused-ring (bicyclic) bond motifs is 2. The van der Waals surface area contributed by atoms with E-state index in [1.54, 1.807) is 40.2 Å². The van der Waals surface area contributed by atoms with Crippen molar-refractivity contribution in [3.8, 4) is 11.4 Å². The molecule has 1 aromatic carbocycles. The van der Waals surface area contributed by atoms with Crippen molar-refractivity contribution in [3.05, 3.63) is 75.7 Å². The van der Waals surface area contributed by atoms with Gasteiger partial charge in [0.25, 0.3) is 17.4 Å². The van der Waals surface area contributed by atoms with Gasteiger partial charge in [0.1, 0.15) is 23.7 Å². The Balaban J connectivity index is 1.32. The molecule has 2 aromatic heterocycles. The summed E-state index contributed by atoms with van der Waals surface area (Å²) in [6.07, 6.45) is 3.19. The third kappa shape index (κ3) is 3.99. The molecule has 0 radical (unpaired) electrons. The molecular formula is C25H26F2N4O3. The summed E-state index contributed by atoms with van der Waals surface area (Å²) in [6.45, 7) is 4.59. The van der Waals surface area contributed by atoms with Crippen LogP contribution in [0.15, 0.2) is 47.7 Å². The van der Waals surface area contributed by atoms with Crippen molar-refractivity contribution in [1.82, 2.24) is 19.0 Å². The van der Waals surface area contributed by atoms with Crippen LogP contribution in [0.3, 0.4) is 0 Å². The second-order valence-electron chi connectivity index (χ2n) is 9.07. The zero-order chi connectivity index (χ0) is 24.0. The van der Waals surface area contributed by atoms with Crippen molar-refractivity contribution in [3.63, 3.8) is 0 Å². The largest absolute Gasteiger partial charge is 0.491 e. The molecule has 5 rings (SSSR count). The van der Waals surface area contributed by atoms with E-state index in [2.05, 4.69) is 4.98 Å². The minimum absolute atomic E-state index is 0.150. The second-order valence-corrected chi connectivity index (χ2v) is 9.07. The molecule has 0 N–H and O–H groups in total. The number of ether oxygens (including phenoxy) is 1. The first kappa shape index (κ1) is 22.3. The summed E-state index contributed by atoms with van der Waals surface area (Å²) in [5.74, 6) is -2.54. The maximum atomic E-state index is 14.0. The van der Waals surface area contributed by atoms with Gasteiger partial charge >= 0.3 is 0 Å². The van der Waals surface area contributed by atoms with Crippen LogP contribution < -0.4 is 10.3 Å². The summed E-state index contributed by atoms with van der Waals surface area (Å²) in [5, 5.41) is 0. The normalized spacial score (nSPS) is 17.8. The van der Waals surface area contributed by atoms with Crippen LogP contribution in [-0.4, -0.2) is 50.0 Å². The van der Waals surface area contributed by atoms with Crippen LogP contribution in [0, 0.1) is 6.92 Å². The lowest BCUT2D eigenvalue weighted by Gasteiger charge is -2.34. The van der Waals surface area contributed by atoms with Crippen molar-refractivity contribution in [2.45, 2.75) is 51.6 Å². The molecule has 0 bridgehead atoms. The molecule has 1 atom stereocenters. The van der Waals surface area contributed by atoms with E-state index in [1.807, 2.05) is 26.0 Å². The first-order valence-corrected chi connectivity index (χ1v) is 11.4. The summed E-state index contributed by atoms with van der Waals surface area (Å²) < 4.78 is 37.0. The molecule has 0 fully saturated rings. The van der Waals surface area contributed by atoms with Crippen molar-refractivity contribution < 1.29 is 18.3 Å². The number of alkyl halides is 2. The Labute approximate surface area is 195 Å². The Morgan fingerprint density at radius 2 is 2.00 bits per heavy atom. The number of halogens is 2. The van der Waals surface area contributed by atoms with Gasteiger partial charge in [-0.3, -0.25) is 9.59 Å². The quantitative estimate of drug-likeness (QED) is 0.576. The average Bonchev–Trinajstić information content (AvgIpc) is 3.23.